The summed E-state index contributed by atoms with van der Waals surface area (Å²) in [6.45, 7) is 5.19. The number of nitrogen functional groups attached to an aromatic ring is 1. The molecule has 0 aromatic heterocycles. The number of hydrogen-bond donors (Lipinski definition) is 2. The molecule has 0 aliphatic carbocycles. The first-order valence-electron chi connectivity index (χ1n) is 7.07. The summed E-state index contributed by atoms with van der Waals surface area (Å²) in [7, 11) is 1.73. The average molecular weight is 277 g/mol. The molecule has 110 valence electrons. The summed E-state index contributed by atoms with van der Waals surface area (Å²) in [5.74, 6) is 0.480. The zero-order valence-electron chi connectivity index (χ0n) is 12.2. The number of methoxy groups -OCH3 is 1. The minimum Gasteiger partial charge on any atom is -0.397 e. The van der Waals surface area contributed by atoms with Gasteiger partial charge in [0.1, 0.15) is 0 Å². The molecule has 0 saturated carbocycles. The molecule has 1 aliphatic rings. The van der Waals surface area contributed by atoms with Gasteiger partial charge in [-0.1, -0.05) is 0 Å². The molecule has 1 aromatic rings. The molecule has 1 amide bonds. The van der Waals surface area contributed by atoms with Crippen LogP contribution in [-0.4, -0.2) is 39.3 Å². The molecule has 1 unspecified atom stereocenters. The lowest BCUT2D eigenvalue weighted by molar-refractivity contribution is 0.0956. The highest BCUT2D eigenvalue weighted by Gasteiger charge is 2.24. The van der Waals surface area contributed by atoms with Gasteiger partial charge in [-0.25, -0.2) is 0 Å². The predicted octanol–water partition coefficient (Wildman–Crippen LogP) is 1.49. The molecule has 2 rings (SSSR count). The van der Waals surface area contributed by atoms with Gasteiger partial charge in [0.2, 0.25) is 0 Å². The molecular formula is C15H23N3O2. The second-order valence-corrected chi connectivity index (χ2v) is 5.19. The van der Waals surface area contributed by atoms with Crippen LogP contribution in [0, 0.1) is 5.92 Å². The predicted molar refractivity (Wildman–Crippen MR) is 81.1 cm³/mol. The van der Waals surface area contributed by atoms with Gasteiger partial charge in [0.05, 0.1) is 18.0 Å². The number of rotatable bonds is 5. The monoisotopic (exact) mass is 277 g/mol. The first-order chi connectivity index (χ1) is 9.65. The second kappa shape index (κ2) is 6.61. The van der Waals surface area contributed by atoms with Crippen molar-refractivity contribution in [1.82, 2.24) is 5.32 Å². The molecular weight excluding hydrogens is 254 g/mol. The minimum absolute atomic E-state index is 0.0543. The third kappa shape index (κ3) is 3.22. The van der Waals surface area contributed by atoms with Crippen LogP contribution in [0.3, 0.4) is 0 Å². The fraction of sp³-hybridized carbons (Fsp3) is 0.533. The Balaban J connectivity index is 2.15. The molecule has 3 N–H and O–H groups in total. The minimum atomic E-state index is -0.0543. The van der Waals surface area contributed by atoms with E-state index in [0.29, 0.717) is 18.0 Å². The first-order valence-corrected chi connectivity index (χ1v) is 7.07. The van der Waals surface area contributed by atoms with Gasteiger partial charge in [-0.3, -0.25) is 4.79 Å². The SMILES string of the molecule is CCNC(=O)c1ccc(N)c(N2CCC(COC)C2)c1. The normalized spacial score (nSPS) is 18.3. The third-order valence-electron chi connectivity index (χ3n) is 3.66. The molecule has 1 heterocycles. The number of carbonyl (C=O) groups is 1. The number of benzene rings is 1. The molecule has 20 heavy (non-hydrogen) atoms. The van der Waals surface area contributed by atoms with Crippen molar-refractivity contribution in [3.8, 4) is 0 Å². The molecule has 1 aliphatic heterocycles. The maximum Gasteiger partial charge on any atom is 0.251 e. The van der Waals surface area contributed by atoms with Gasteiger partial charge in [-0.2, -0.15) is 0 Å². The van der Waals surface area contributed by atoms with Gasteiger partial charge in [0.15, 0.2) is 0 Å². The Morgan fingerprint density at radius 3 is 3.05 bits per heavy atom. The van der Waals surface area contributed by atoms with Crippen LogP contribution in [0.1, 0.15) is 23.7 Å². The van der Waals surface area contributed by atoms with E-state index in [4.69, 9.17) is 10.5 Å². The zero-order valence-corrected chi connectivity index (χ0v) is 12.2. The lowest BCUT2D eigenvalue weighted by Crippen LogP contribution is -2.25. The van der Waals surface area contributed by atoms with Crippen LogP contribution < -0.4 is 16.0 Å². The number of amides is 1. The van der Waals surface area contributed by atoms with Crippen LogP contribution in [0.5, 0.6) is 0 Å². The number of nitrogens with zero attached hydrogens (tertiary/aromatic N) is 1. The summed E-state index contributed by atoms with van der Waals surface area (Å²) in [5, 5.41) is 2.81. The molecule has 0 spiro atoms. The van der Waals surface area contributed by atoms with Gasteiger partial charge >= 0.3 is 0 Å². The Morgan fingerprint density at radius 2 is 2.35 bits per heavy atom. The van der Waals surface area contributed by atoms with Crippen molar-refractivity contribution in [3.63, 3.8) is 0 Å². The van der Waals surface area contributed by atoms with Crippen LogP contribution >= 0.6 is 0 Å². The number of carbonyl (C=O) groups excluding carboxylic acids is 1. The summed E-state index contributed by atoms with van der Waals surface area (Å²) in [4.78, 5) is 14.1. The van der Waals surface area contributed by atoms with Gasteiger partial charge < -0.3 is 20.7 Å². The molecule has 0 radical (unpaired) electrons. The van der Waals surface area contributed by atoms with E-state index in [9.17, 15) is 4.79 Å². The molecule has 5 nitrogen and oxygen atoms in total. The molecule has 1 atom stereocenters. The number of hydrogen-bond acceptors (Lipinski definition) is 4. The van der Waals surface area contributed by atoms with Crippen LogP contribution in [-0.2, 0) is 4.74 Å². The maximum absolute atomic E-state index is 11.9. The van der Waals surface area contributed by atoms with Crippen molar-refractivity contribution in [2.75, 3.05) is 44.0 Å². The summed E-state index contributed by atoms with van der Waals surface area (Å²) in [5.41, 5.74) is 8.39. The fourth-order valence-electron chi connectivity index (χ4n) is 2.64. The van der Waals surface area contributed by atoms with E-state index in [1.165, 1.54) is 0 Å². The van der Waals surface area contributed by atoms with Gasteiger partial charge in [-0.05, 0) is 31.5 Å². The lowest BCUT2D eigenvalue weighted by atomic mass is 10.1. The van der Waals surface area contributed by atoms with E-state index in [1.54, 1.807) is 13.2 Å². The van der Waals surface area contributed by atoms with Crippen LogP contribution in [0.2, 0.25) is 0 Å². The van der Waals surface area contributed by atoms with Crippen LogP contribution in [0.25, 0.3) is 0 Å². The number of ether oxygens (including phenoxy) is 1. The quantitative estimate of drug-likeness (QED) is 0.800. The lowest BCUT2D eigenvalue weighted by Gasteiger charge is -2.21. The Bertz CT molecular complexity index is 476. The Hall–Kier alpha value is -1.75. The van der Waals surface area contributed by atoms with E-state index in [-0.39, 0.29) is 5.91 Å². The summed E-state index contributed by atoms with van der Waals surface area (Å²) >= 11 is 0. The highest BCUT2D eigenvalue weighted by atomic mass is 16.5. The third-order valence-corrected chi connectivity index (χ3v) is 3.66. The molecule has 0 bridgehead atoms. The largest absolute Gasteiger partial charge is 0.397 e. The molecule has 1 aromatic carbocycles. The highest BCUT2D eigenvalue weighted by Crippen LogP contribution is 2.30. The Labute approximate surface area is 120 Å². The van der Waals surface area contributed by atoms with Crippen molar-refractivity contribution < 1.29 is 9.53 Å². The fourth-order valence-corrected chi connectivity index (χ4v) is 2.64. The standard InChI is InChI=1S/C15H23N3O2/c1-3-17-15(19)12-4-5-13(16)14(8-12)18-7-6-11(9-18)10-20-2/h4-5,8,11H,3,6-7,9-10,16H2,1-2H3,(H,17,19). The molecule has 5 heteroatoms. The van der Waals surface area contributed by atoms with E-state index in [0.717, 1.165) is 37.5 Å². The van der Waals surface area contributed by atoms with Crippen molar-refractivity contribution in [3.05, 3.63) is 23.8 Å². The second-order valence-electron chi connectivity index (χ2n) is 5.19. The van der Waals surface area contributed by atoms with E-state index in [2.05, 4.69) is 10.2 Å². The van der Waals surface area contributed by atoms with Crippen LogP contribution in [0.15, 0.2) is 18.2 Å². The van der Waals surface area contributed by atoms with Crippen molar-refractivity contribution >= 4 is 17.3 Å². The van der Waals surface area contributed by atoms with E-state index in [1.807, 2.05) is 19.1 Å². The van der Waals surface area contributed by atoms with E-state index < -0.39 is 0 Å². The highest BCUT2D eigenvalue weighted by molar-refractivity contribution is 5.96. The van der Waals surface area contributed by atoms with Crippen molar-refractivity contribution in [2.45, 2.75) is 13.3 Å². The maximum atomic E-state index is 11.9. The Morgan fingerprint density at radius 1 is 1.55 bits per heavy atom. The Kier molecular flexibility index (Phi) is 4.84. The average Bonchev–Trinajstić information content (AvgIpc) is 2.88. The first kappa shape index (κ1) is 14.7. The topological polar surface area (TPSA) is 67.6 Å². The smallest absolute Gasteiger partial charge is 0.251 e. The number of nitrogens with one attached hydrogen (secondary N) is 1. The number of nitrogens with two attached hydrogens (primary N) is 1. The molecule has 1 fully saturated rings. The van der Waals surface area contributed by atoms with Gasteiger partial charge in [0.25, 0.3) is 5.91 Å². The van der Waals surface area contributed by atoms with E-state index >= 15 is 0 Å². The van der Waals surface area contributed by atoms with Gasteiger partial charge in [0, 0.05) is 38.2 Å². The summed E-state index contributed by atoms with van der Waals surface area (Å²) in [6.07, 6.45) is 1.10. The van der Waals surface area contributed by atoms with Gasteiger partial charge in [-0.15, -0.1) is 0 Å². The summed E-state index contributed by atoms with van der Waals surface area (Å²) in [6, 6.07) is 5.46. The van der Waals surface area contributed by atoms with Crippen molar-refractivity contribution in [1.29, 1.82) is 0 Å². The zero-order chi connectivity index (χ0) is 14.5. The van der Waals surface area contributed by atoms with Crippen LogP contribution in [0.4, 0.5) is 11.4 Å². The van der Waals surface area contributed by atoms with Crippen molar-refractivity contribution in [2.24, 2.45) is 5.92 Å². The summed E-state index contributed by atoms with van der Waals surface area (Å²) < 4.78 is 5.21. The number of anilines is 2. The molecule has 1 saturated heterocycles.